The first kappa shape index (κ1) is 19.3. The van der Waals surface area contributed by atoms with Crippen molar-refractivity contribution in [1.29, 1.82) is 0 Å². The largest absolute Gasteiger partial charge is 0.494 e. The molecule has 0 fully saturated rings. The summed E-state index contributed by atoms with van der Waals surface area (Å²) < 4.78 is 5.61. The van der Waals surface area contributed by atoms with Crippen molar-refractivity contribution in [2.24, 2.45) is 4.99 Å². The lowest BCUT2D eigenvalue weighted by Gasteiger charge is -2.02. The number of rotatable bonds is 5. The standard InChI is InChI=1S/C25H21N3O2S/c1-14-10-15(2)26-19(14)11-20-22(30-3)12-21(27-20)24-23(25(29)16-8-9-31-13-16)17-6-4-5-7-18(17)28-24/h4-13,26,28H,1-3H3. The Balaban J connectivity index is 1.67. The van der Waals surface area contributed by atoms with E-state index >= 15 is 0 Å². The van der Waals surface area contributed by atoms with Crippen LogP contribution in [0.4, 0.5) is 0 Å². The van der Waals surface area contributed by atoms with E-state index in [4.69, 9.17) is 9.73 Å². The summed E-state index contributed by atoms with van der Waals surface area (Å²) in [4.78, 5) is 25.0. The Kier molecular flexibility index (Phi) is 4.71. The minimum atomic E-state index is -0.0166. The van der Waals surface area contributed by atoms with Gasteiger partial charge in [-0.1, -0.05) is 18.2 Å². The highest BCUT2D eigenvalue weighted by Gasteiger charge is 2.26. The van der Waals surface area contributed by atoms with E-state index in [1.54, 1.807) is 7.11 Å². The number of hydrogen-bond donors (Lipinski definition) is 2. The van der Waals surface area contributed by atoms with Crippen LogP contribution in [0.3, 0.4) is 0 Å². The van der Waals surface area contributed by atoms with Gasteiger partial charge >= 0.3 is 0 Å². The van der Waals surface area contributed by atoms with Gasteiger partial charge in [0, 0.05) is 39.3 Å². The molecule has 0 bridgehead atoms. The molecule has 31 heavy (non-hydrogen) atoms. The molecule has 0 saturated heterocycles. The Morgan fingerprint density at radius 1 is 1.16 bits per heavy atom. The number of methoxy groups -OCH3 is 1. The predicted octanol–water partition coefficient (Wildman–Crippen LogP) is 5.78. The molecule has 2 N–H and O–H groups in total. The Labute approximate surface area is 183 Å². The molecular weight excluding hydrogens is 406 g/mol. The van der Waals surface area contributed by atoms with Gasteiger partial charge < -0.3 is 14.7 Å². The van der Waals surface area contributed by atoms with Crippen LogP contribution in [-0.2, 0) is 4.74 Å². The second kappa shape index (κ2) is 7.56. The smallest absolute Gasteiger partial charge is 0.196 e. The van der Waals surface area contributed by atoms with Crippen LogP contribution >= 0.6 is 11.3 Å². The lowest BCUT2D eigenvalue weighted by Crippen LogP contribution is -2.07. The zero-order valence-corrected chi connectivity index (χ0v) is 18.3. The average Bonchev–Trinajstić information content (AvgIpc) is 3.53. The summed E-state index contributed by atoms with van der Waals surface area (Å²) in [5.41, 5.74) is 7.54. The van der Waals surface area contributed by atoms with E-state index in [-0.39, 0.29) is 5.78 Å². The third-order valence-electron chi connectivity index (χ3n) is 5.42. The molecule has 154 valence electrons. The Hall–Kier alpha value is -3.64. The van der Waals surface area contributed by atoms with Crippen LogP contribution in [0.5, 0.6) is 0 Å². The first-order chi connectivity index (χ1) is 15.0. The van der Waals surface area contributed by atoms with Crippen LogP contribution in [0, 0.1) is 13.8 Å². The van der Waals surface area contributed by atoms with Gasteiger partial charge in [0.05, 0.1) is 24.1 Å². The van der Waals surface area contributed by atoms with Gasteiger partial charge in [-0.15, -0.1) is 0 Å². The normalized spacial score (nSPS) is 14.9. The molecule has 5 rings (SSSR count). The topological polar surface area (TPSA) is 70.2 Å². The van der Waals surface area contributed by atoms with Gasteiger partial charge in [0.25, 0.3) is 0 Å². The zero-order valence-electron chi connectivity index (χ0n) is 17.4. The quantitative estimate of drug-likeness (QED) is 0.396. The molecule has 0 unspecified atom stereocenters. The molecule has 0 spiro atoms. The van der Waals surface area contributed by atoms with E-state index in [0.717, 1.165) is 33.6 Å². The van der Waals surface area contributed by atoms with Gasteiger partial charge in [-0.2, -0.15) is 11.3 Å². The lowest BCUT2D eigenvalue weighted by molar-refractivity contribution is 0.104. The molecular formula is C25H21N3O2S. The summed E-state index contributed by atoms with van der Waals surface area (Å²) in [7, 11) is 1.63. The summed E-state index contributed by atoms with van der Waals surface area (Å²) in [6.07, 6.45) is 3.86. The number of benzene rings is 1. The second-order valence-corrected chi connectivity index (χ2v) is 8.33. The number of thiophene rings is 1. The van der Waals surface area contributed by atoms with Crippen LogP contribution in [0.1, 0.15) is 38.6 Å². The number of aliphatic imine (C=N–C) groups is 1. The van der Waals surface area contributed by atoms with Crippen LogP contribution in [0.2, 0.25) is 0 Å². The number of hydrogen-bond acceptors (Lipinski definition) is 4. The Morgan fingerprint density at radius 2 is 2.00 bits per heavy atom. The zero-order chi connectivity index (χ0) is 21.5. The Bertz CT molecular complexity index is 1400. The van der Waals surface area contributed by atoms with Crippen molar-refractivity contribution in [2.75, 3.05) is 7.11 Å². The first-order valence-corrected chi connectivity index (χ1v) is 10.9. The highest BCUT2D eigenvalue weighted by atomic mass is 32.1. The van der Waals surface area contributed by atoms with Crippen molar-refractivity contribution in [3.8, 4) is 0 Å². The van der Waals surface area contributed by atoms with Crippen molar-refractivity contribution < 1.29 is 9.53 Å². The fourth-order valence-corrected chi connectivity index (χ4v) is 4.59. The highest BCUT2D eigenvalue weighted by Crippen LogP contribution is 2.31. The van der Waals surface area contributed by atoms with Crippen LogP contribution in [0.25, 0.3) is 17.0 Å². The summed E-state index contributed by atoms with van der Waals surface area (Å²) in [6, 6.07) is 11.8. The average molecular weight is 428 g/mol. The van der Waals surface area contributed by atoms with Crippen molar-refractivity contribution in [2.45, 2.75) is 13.8 Å². The number of aromatic nitrogens is 2. The minimum absolute atomic E-state index is 0.0166. The molecule has 6 heteroatoms. The molecule has 1 aromatic carbocycles. The third-order valence-corrected chi connectivity index (χ3v) is 6.11. The molecule has 4 heterocycles. The molecule has 3 aromatic heterocycles. The van der Waals surface area contributed by atoms with Gasteiger partial charge in [0.1, 0.15) is 11.5 Å². The van der Waals surface area contributed by atoms with Crippen molar-refractivity contribution >= 4 is 39.8 Å². The van der Waals surface area contributed by atoms with Crippen LogP contribution in [0.15, 0.2) is 69.7 Å². The molecule has 5 nitrogen and oxygen atoms in total. The summed E-state index contributed by atoms with van der Waals surface area (Å²) in [5, 5.41) is 4.68. The minimum Gasteiger partial charge on any atom is -0.494 e. The van der Waals surface area contributed by atoms with E-state index in [2.05, 4.69) is 23.0 Å². The van der Waals surface area contributed by atoms with E-state index < -0.39 is 0 Å². The van der Waals surface area contributed by atoms with E-state index in [1.807, 2.05) is 60.2 Å². The number of aromatic amines is 2. The van der Waals surface area contributed by atoms with Gasteiger partial charge in [-0.25, -0.2) is 4.99 Å². The van der Waals surface area contributed by atoms with Crippen LogP contribution in [-0.4, -0.2) is 28.6 Å². The van der Waals surface area contributed by atoms with Crippen LogP contribution < -0.4 is 0 Å². The highest BCUT2D eigenvalue weighted by molar-refractivity contribution is 7.08. The Morgan fingerprint density at radius 3 is 2.71 bits per heavy atom. The fourth-order valence-electron chi connectivity index (χ4n) is 3.95. The first-order valence-electron chi connectivity index (χ1n) is 9.96. The summed E-state index contributed by atoms with van der Waals surface area (Å²) in [5.74, 6) is 0.645. The van der Waals surface area contributed by atoms with Gasteiger partial charge in [-0.05, 0) is 49.1 Å². The second-order valence-electron chi connectivity index (χ2n) is 7.55. The van der Waals surface area contributed by atoms with E-state index in [0.29, 0.717) is 28.3 Å². The number of nitrogens with zero attached hydrogens (tertiary/aromatic N) is 1. The molecule has 0 radical (unpaired) electrons. The monoisotopic (exact) mass is 427 g/mol. The van der Waals surface area contributed by atoms with E-state index in [9.17, 15) is 4.79 Å². The van der Waals surface area contributed by atoms with Gasteiger partial charge in [-0.3, -0.25) is 4.79 Å². The number of nitrogens with one attached hydrogen (secondary N) is 2. The number of para-hydroxylation sites is 1. The maximum absolute atomic E-state index is 13.4. The molecule has 0 saturated carbocycles. The third kappa shape index (κ3) is 3.35. The molecule has 1 aliphatic rings. The fraction of sp³-hybridized carbons (Fsp3) is 0.120. The SMILES string of the molecule is COC1=CC(c2[nH]c3ccccc3c2C(=O)c2ccsc2)=NC1=Cc1[nH]c(C)cc1C. The number of allylic oxidation sites excluding steroid dienone is 1. The molecule has 0 amide bonds. The molecule has 0 atom stereocenters. The van der Waals surface area contributed by atoms with E-state index in [1.165, 1.54) is 11.3 Å². The summed E-state index contributed by atoms with van der Waals surface area (Å²) in [6.45, 7) is 4.08. The summed E-state index contributed by atoms with van der Waals surface area (Å²) >= 11 is 1.51. The van der Waals surface area contributed by atoms with Crippen molar-refractivity contribution in [3.63, 3.8) is 0 Å². The number of ketones is 1. The maximum atomic E-state index is 13.4. The number of carbonyl (C=O) groups excluding carboxylic acids is 1. The predicted molar refractivity (Wildman–Crippen MR) is 126 cm³/mol. The van der Waals surface area contributed by atoms with Gasteiger partial charge in [0.2, 0.25) is 0 Å². The number of aryl methyl sites for hydroxylation is 2. The number of H-pyrrole nitrogens is 2. The van der Waals surface area contributed by atoms with Gasteiger partial charge in [0.15, 0.2) is 5.78 Å². The molecule has 1 aliphatic heterocycles. The number of carbonyl (C=O) groups is 1. The molecule has 4 aromatic rings. The lowest BCUT2D eigenvalue weighted by atomic mass is 10.0. The maximum Gasteiger partial charge on any atom is 0.196 e. The number of fused-ring (bicyclic) bond motifs is 1. The van der Waals surface area contributed by atoms with Crippen molar-refractivity contribution in [3.05, 3.63) is 98.5 Å². The number of ether oxygens (including phenoxy) is 1. The van der Waals surface area contributed by atoms with Crippen molar-refractivity contribution in [1.82, 2.24) is 9.97 Å². The molecule has 0 aliphatic carbocycles.